The average molecular weight is 363 g/mol. The summed E-state index contributed by atoms with van der Waals surface area (Å²) in [5.74, 6) is -0.159. The minimum atomic E-state index is -3.75. The summed E-state index contributed by atoms with van der Waals surface area (Å²) in [5.41, 5.74) is 13.8. The Morgan fingerprint density at radius 3 is 2.36 bits per heavy atom. The number of hydrogen-bond acceptors (Lipinski definition) is 4. The third-order valence-electron chi connectivity index (χ3n) is 4.69. The molecule has 25 heavy (non-hydrogen) atoms. The van der Waals surface area contributed by atoms with Gasteiger partial charge in [-0.2, -0.15) is 4.91 Å². The number of urea groups is 1. The van der Waals surface area contributed by atoms with Gasteiger partial charge in [-0.3, -0.25) is 0 Å². The maximum atomic E-state index is 12.6. The molecule has 0 saturated carbocycles. The third kappa shape index (κ3) is 3.43. The van der Waals surface area contributed by atoms with Crippen LogP contribution in [-0.2, 0) is 35.7 Å². The summed E-state index contributed by atoms with van der Waals surface area (Å²) in [4.78, 5) is 15.4. The standard InChI is InChI=1S/C16H21N5O3S/c1-2-9-25(23,24)18-16(22)21(20-19-17)15-13-7-3-5-11(13)10-12-6-4-8-14(12)15/h10H,2-9H2,1H3,(H,18,22). The molecule has 0 fully saturated rings. The largest absolute Gasteiger partial charge is 0.430 e. The second-order valence-electron chi connectivity index (χ2n) is 6.42. The molecule has 3 rings (SSSR count). The van der Waals surface area contributed by atoms with Gasteiger partial charge in [-0.15, -0.1) is 10.5 Å². The first kappa shape index (κ1) is 17.6. The molecule has 0 aliphatic heterocycles. The van der Waals surface area contributed by atoms with E-state index in [9.17, 15) is 13.2 Å². The van der Waals surface area contributed by atoms with Crippen molar-refractivity contribution in [1.29, 1.82) is 0 Å². The van der Waals surface area contributed by atoms with Crippen LogP contribution in [0.2, 0.25) is 0 Å². The van der Waals surface area contributed by atoms with Crippen LogP contribution in [0.4, 0.5) is 10.5 Å². The first-order valence-electron chi connectivity index (χ1n) is 8.53. The lowest BCUT2D eigenvalue weighted by molar-refractivity contribution is 0.251. The zero-order valence-corrected chi connectivity index (χ0v) is 15.0. The monoisotopic (exact) mass is 363 g/mol. The lowest BCUT2D eigenvalue weighted by atomic mass is 9.98. The van der Waals surface area contributed by atoms with Crippen molar-refractivity contribution < 1.29 is 13.2 Å². The van der Waals surface area contributed by atoms with Crippen molar-refractivity contribution >= 4 is 21.7 Å². The molecule has 1 aromatic carbocycles. The van der Waals surface area contributed by atoms with E-state index in [4.69, 9.17) is 5.53 Å². The van der Waals surface area contributed by atoms with Gasteiger partial charge in [-0.1, -0.05) is 13.0 Å². The van der Waals surface area contributed by atoms with E-state index in [1.807, 2.05) is 4.72 Å². The van der Waals surface area contributed by atoms with E-state index in [0.29, 0.717) is 12.1 Å². The number of sulfonamides is 1. The van der Waals surface area contributed by atoms with Crippen LogP contribution < -0.4 is 9.73 Å². The quantitative estimate of drug-likeness (QED) is 0.375. The molecule has 0 atom stereocenters. The van der Waals surface area contributed by atoms with Crippen molar-refractivity contribution in [3.05, 3.63) is 38.8 Å². The van der Waals surface area contributed by atoms with Crippen molar-refractivity contribution in [2.45, 2.75) is 51.9 Å². The van der Waals surface area contributed by atoms with Gasteiger partial charge in [0.15, 0.2) is 0 Å². The number of fused-ring (bicyclic) bond motifs is 2. The van der Waals surface area contributed by atoms with Gasteiger partial charge in [0.05, 0.1) is 5.75 Å². The normalized spacial score (nSPS) is 15.2. The first-order valence-corrected chi connectivity index (χ1v) is 10.2. The van der Waals surface area contributed by atoms with Gasteiger partial charge >= 0.3 is 6.03 Å². The van der Waals surface area contributed by atoms with E-state index in [-0.39, 0.29) is 5.75 Å². The van der Waals surface area contributed by atoms with Crippen molar-refractivity contribution in [2.24, 2.45) is 5.22 Å². The first-order chi connectivity index (χ1) is 12.0. The van der Waals surface area contributed by atoms with E-state index < -0.39 is 16.1 Å². The van der Waals surface area contributed by atoms with E-state index >= 15 is 0 Å². The molecular weight excluding hydrogens is 342 g/mol. The molecule has 0 radical (unpaired) electrons. The molecule has 0 unspecified atom stereocenters. The molecule has 0 bridgehead atoms. The number of aryl methyl sites for hydroxylation is 2. The van der Waals surface area contributed by atoms with E-state index in [2.05, 4.69) is 16.2 Å². The number of benzene rings is 1. The van der Waals surface area contributed by atoms with Gasteiger partial charge in [0, 0.05) is 11.1 Å². The summed E-state index contributed by atoms with van der Waals surface area (Å²) in [6, 6.07) is 1.27. The number of anilines is 1. The second-order valence-corrected chi connectivity index (χ2v) is 8.27. The van der Waals surface area contributed by atoms with Crippen LogP contribution in [0.3, 0.4) is 0 Å². The Balaban J connectivity index is 2.05. The Labute approximate surface area is 146 Å². The Morgan fingerprint density at radius 2 is 1.84 bits per heavy atom. The number of hydrogen-bond donors (Lipinski definition) is 1. The predicted octanol–water partition coefficient (Wildman–Crippen LogP) is 3.15. The average Bonchev–Trinajstić information content (AvgIpc) is 3.18. The lowest BCUT2D eigenvalue weighted by Gasteiger charge is -2.19. The van der Waals surface area contributed by atoms with E-state index in [1.165, 1.54) is 0 Å². The minimum Gasteiger partial charge on any atom is -0.219 e. The Bertz CT molecular complexity index is 827. The van der Waals surface area contributed by atoms with Gasteiger partial charge in [0.25, 0.3) is 0 Å². The summed E-state index contributed by atoms with van der Waals surface area (Å²) in [7, 11) is -3.75. The molecule has 1 N–H and O–H groups in total. The summed E-state index contributed by atoms with van der Waals surface area (Å²) < 4.78 is 25.9. The van der Waals surface area contributed by atoms with Crippen LogP contribution >= 0.6 is 0 Å². The number of nitrogens with zero attached hydrogens (tertiary/aromatic N) is 4. The molecule has 2 amide bonds. The lowest BCUT2D eigenvalue weighted by Crippen LogP contribution is -2.41. The molecule has 0 spiro atoms. The molecule has 9 heteroatoms. The zero-order chi connectivity index (χ0) is 18.0. The fraction of sp³-hybridized carbons (Fsp3) is 0.562. The molecule has 0 aromatic heterocycles. The SMILES string of the molecule is CCCS(=O)(=O)NC(=O)N(N=[N+]=[N-])c1c2c(cc3c1CCC3)CCC2. The molecule has 2 aliphatic carbocycles. The van der Waals surface area contributed by atoms with Crippen LogP contribution in [0.1, 0.15) is 48.4 Å². The summed E-state index contributed by atoms with van der Waals surface area (Å²) in [5, 5.41) is 4.44. The van der Waals surface area contributed by atoms with Crippen LogP contribution in [0.5, 0.6) is 0 Å². The highest BCUT2D eigenvalue weighted by Crippen LogP contribution is 2.40. The topological polar surface area (TPSA) is 115 Å². The smallest absolute Gasteiger partial charge is 0.219 e. The Morgan fingerprint density at radius 1 is 1.24 bits per heavy atom. The maximum absolute atomic E-state index is 12.6. The molecule has 0 saturated heterocycles. The van der Waals surface area contributed by atoms with E-state index in [0.717, 1.165) is 65.8 Å². The van der Waals surface area contributed by atoms with Crippen molar-refractivity contribution in [3.63, 3.8) is 0 Å². The molecule has 0 heterocycles. The van der Waals surface area contributed by atoms with E-state index in [1.54, 1.807) is 6.92 Å². The van der Waals surface area contributed by atoms with Gasteiger partial charge < -0.3 is 0 Å². The summed E-state index contributed by atoms with van der Waals surface area (Å²) in [6.45, 7) is 1.71. The molecule has 8 nitrogen and oxygen atoms in total. The number of carbonyl (C=O) groups is 1. The van der Waals surface area contributed by atoms with Crippen LogP contribution in [0.25, 0.3) is 10.4 Å². The van der Waals surface area contributed by atoms with Crippen molar-refractivity contribution in [2.75, 3.05) is 10.8 Å². The predicted molar refractivity (Wildman–Crippen MR) is 94.7 cm³/mol. The van der Waals surface area contributed by atoms with Crippen LogP contribution in [-0.4, -0.2) is 20.2 Å². The Kier molecular flexibility index (Phi) is 4.87. The van der Waals surface area contributed by atoms with Crippen molar-refractivity contribution in [3.8, 4) is 0 Å². The number of azide groups is 1. The highest BCUT2D eigenvalue weighted by atomic mass is 32.2. The Hall–Kier alpha value is -2.25. The van der Waals surface area contributed by atoms with Crippen molar-refractivity contribution in [1.82, 2.24) is 4.72 Å². The molecule has 1 aromatic rings. The van der Waals surface area contributed by atoms with Gasteiger partial charge in [-0.25, -0.2) is 17.9 Å². The van der Waals surface area contributed by atoms with Gasteiger partial charge in [0.1, 0.15) is 5.69 Å². The fourth-order valence-corrected chi connectivity index (χ4v) is 4.76. The zero-order valence-electron chi connectivity index (χ0n) is 14.2. The highest BCUT2D eigenvalue weighted by Gasteiger charge is 2.34. The molecule has 134 valence electrons. The molecule has 2 aliphatic rings. The summed E-state index contributed by atoms with van der Waals surface area (Å²) >= 11 is 0. The minimum absolute atomic E-state index is 0.159. The third-order valence-corrected chi connectivity index (χ3v) is 6.12. The number of carbonyl (C=O) groups excluding carboxylic acids is 1. The van der Waals surface area contributed by atoms with Gasteiger partial charge in [-0.05, 0) is 61.3 Å². The van der Waals surface area contributed by atoms with Gasteiger partial charge in [0.2, 0.25) is 10.0 Å². The second kappa shape index (κ2) is 6.93. The van der Waals surface area contributed by atoms with Crippen LogP contribution in [0, 0.1) is 0 Å². The number of rotatable bonds is 5. The molecular formula is C16H21N5O3S. The fourth-order valence-electron chi connectivity index (χ4n) is 3.76. The number of nitrogens with one attached hydrogen (secondary N) is 1. The summed E-state index contributed by atoms with van der Waals surface area (Å²) in [6.07, 6.45) is 5.79. The number of amides is 2. The van der Waals surface area contributed by atoms with Crippen LogP contribution in [0.15, 0.2) is 11.3 Å². The highest BCUT2D eigenvalue weighted by molar-refractivity contribution is 7.90. The maximum Gasteiger partial charge on any atom is 0.430 e.